The molecular formula is C34H58N2O26. The van der Waals surface area contributed by atoms with Gasteiger partial charge in [-0.15, -0.1) is 0 Å². The lowest BCUT2D eigenvalue weighted by molar-refractivity contribution is -0.385. The van der Waals surface area contributed by atoms with Gasteiger partial charge in [-0.2, -0.15) is 0 Å². The second kappa shape index (κ2) is 22.0. The SMILES string of the molecule is CC(=O)N[C@H]1[C@H](O[C@H]2[C@@H](O)[C@@H](CO)O[C@@H](O[C@H]3[C@H](O)[C@@H](NC(C)=O)C(O)O[C@@H]3CO)[C@@H]2O)O[C@H](CO)[C@@H](O[C@@H]2O[C@H](CO)[C@H](O)[C@H](O[C@H]3O[C@H](CO)[C@H](O)[C@H](O)[C@H]3O)[C@H]2O)[C@@H]1O. The highest BCUT2D eigenvalue weighted by Crippen LogP contribution is 2.35. The molecule has 5 aliphatic heterocycles. The average molecular weight is 911 g/mol. The minimum atomic E-state index is -2.10. The van der Waals surface area contributed by atoms with Crippen LogP contribution < -0.4 is 10.6 Å². The summed E-state index contributed by atoms with van der Waals surface area (Å²) in [6.45, 7) is -2.52. The van der Waals surface area contributed by atoms with Crippen molar-refractivity contribution in [3.8, 4) is 0 Å². The third-order valence-corrected chi connectivity index (χ3v) is 11.1. The van der Waals surface area contributed by atoms with E-state index >= 15 is 0 Å². The molecule has 17 N–H and O–H groups in total. The Labute approximate surface area is 351 Å². The van der Waals surface area contributed by atoms with Gasteiger partial charge in [0.15, 0.2) is 31.5 Å². The van der Waals surface area contributed by atoms with Crippen molar-refractivity contribution in [2.45, 2.75) is 167 Å². The molecule has 2 amide bonds. The Morgan fingerprint density at radius 1 is 0.387 bits per heavy atom. The van der Waals surface area contributed by atoms with Crippen LogP contribution in [0.3, 0.4) is 0 Å². The number of hydrogen-bond donors (Lipinski definition) is 17. The van der Waals surface area contributed by atoms with Crippen molar-refractivity contribution in [3.05, 3.63) is 0 Å². The Bertz CT molecular complexity index is 1440. The molecule has 5 rings (SSSR count). The lowest BCUT2D eigenvalue weighted by Gasteiger charge is -2.50. The number of carbonyl (C=O) groups excluding carboxylic acids is 2. The van der Waals surface area contributed by atoms with E-state index in [1.54, 1.807) is 0 Å². The first kappa shape index (κ1) is 51.0. The number of amides is 2. The molecular weight excluding hydrogens is 852 g/mol. The van der Waals surface area contributed by atoms with Gasteiger partial charge in [0.1, 0.15) is 122 Å². The number of hydrogen-bond acceptors (Lipinski definition) is 26. The molecule has 0 aromatic rings. The van der Waals surface area contributed by atoms with Gasteiger partial charge in [-0.25, -0.2) is 0 Å². The first-order chi connectivity index (χ1) is 29.3. The smallest absolute Gasteiger partial charge is 0.217 e. The van der Waals surface area contributed by atoms with Crippen LogP contribution in [-0.4, -0.2) is 275 Å². The van der Waals surface area contributed by atoms with E-state index in [0.717, 1.165) is 13.8 Å². The van der Waals surface area contributed by atoms with Gasteiger partial charge in [-0.3, -0.25) is 9.59 Å². The molecule has 0 bridgehead atoms. The summed E-state index contributed by atoms with van der Waals surface area (Å²) in [5.74, 6) is -1.51. The lowest BCUT2D eigenvalue weighted by atomic mass is 9.94. The molecule has 5 aliphatic rings. The van der Waals surface area contributed by atoms with Crippen LogP contribution in [-0.2, 0) is 52.2 Å². The van der Waals surface area contributed by atoms with E-state index in [9.17, 15) is 86.2 Å². The Hall–Kier alpha value is -2.02. The maximum atomic E-state index is 12.5. The third-order valence-electron chi connectivity index (χ3n) is 11.1. The summed E-state index contributed by atoms with van der Waals surface area (Å²) in [5.41, 5.74) is 0. The Kier molecular flexibility index (Phi) is 18.1. The summed E-state index contributed by atoms with van der Waals surface area (Å²) < 4.78 is 50.6. The molecule has 0 aromatic heterocycles. The molecule has 0 radical (unpaired) electrons. The van der Waals surface area contributed by atoms with Gasteiger partial charge < -0.3 is 130 Å². The number of ether oxygens (including phenoxy) is 9. The molecule has 5 heterocycles. The van der Waals surface area contributed by atoms with Crippen LogP contribution in [0.25, 0.3) is 0 Å². The second-order valence-corrected chi connectivity index (χ2v) is 15.4. The molecule has 0 aromatic carbocycles. The molecule has 5 fully saturated rings. The predicted octanol–water partition coefficient (Wildman–Crippen LogP) is -11.6. The standard InChI is InChI=1S/C34H58N2O26/c1-8(42)35-15-20(47)26(13(6-40)54-30(15)53)59-33-24(51)28(18(45)11(4-38)56-33)61-31-16(36-9(2)43)21(48)27(14(7-41)58-31)60-34-25(52)29(19(46)12(5-39)57-34)62-32-23(50)22(49)17(44)10(3-37)55-32/h10-34,37-41,44-53H,3-7H2,1-2H3,(H,35,42)(H,36,43)/t10-,11-,12-,13-,14-,15-,16-,17+,18+,19+,20-,21-,22+,23-,24-,25-,26-,27-,28+,29+,30?,31+,32-,33+,34+/m1/s1. The van der Waals surface area contributed by atoms with Gasteiger partial charge in [0.25, 0.3) is 0 Å². The highest BCUT2D eigenvalue weighted by Gasteiger charge is 2.57. The van der Waals surface area contributed by atoms with Crippen molar-refractivity contribution >= 4 is 11.8 Å². The fourth-order valence-electron chi connectivity index (χ4n) is 7.83. The molecule has 0 saturated carbocycles. The molecule has 0 aliphatic carbocycles. The highest BCUT2D eigenvalue weighted by atomic mass is 16.8. The Morgan fingerprint density at radius 3 is 1.16 bits per heavy atom. The van der Waals surface area contributed by atoms with E-state index in [0.29, 0.717) is 0 Å². The highest BCUT2D eigenvalue weighted by molar-refractivity contribution is 5.73. The van der Waals surface area contributed by atoms with Gasteiger partial charge in [0.2, 0.25) is 11.8 Å². The maximum absolute atomic E-state index is 12.5. The quantitative estimate of drug-likeness (QED) is 0.0725. The van der Waals surface area contributed by atoms with Crippen LogP contribution in [0.15, 0.2) is 0 Å². The van der Waals surface area contributed by atoms with Crippen molar-refractivity contribution < 1.29 is 129 Å². The van der Waals surface area contributed by atoms with E-state index in [-0.39, 0.29) is 0 Å². The molecule has 5 saturated heterocycles. The fourth-order valence-corrected chi connectivity index (χ4v) is 7.83. The van der Waals surface area contributed by atoms with E-state index in [1.165, 1.54) is 0 Å². The Balaban J connectivity index is 1.36. The fraction of sp³-hybridized carbons (Fsp3) is 0.941. The van der Waals surface area contributed by atoms with E-state index < -0.39 is 198 Å². The molecule has 25 atom stereocenters. The minimum absolute atomic E-state index is 0.693. The van der Waals surface area contributed by atoms with Gasteiger partial charge >= 0.3 is 0 Å². The second-order valence-electron chi connectivity index (χ2n) is 15.4. The van der Waals surface area contributed by atoms with E-state index in [2.05, 4.69) is 10.6 Å². The van der Waals surface area contributed by atoms with E-state index in [1.807, 2.05) is 0 Å². The van der Waals surface area contributed by atoms with Crippen LogP contribution in [0, 0.1) is 0 Å². The average Bonchev–Trinajstić information content (AvgIpc) is 3.23. The molecule has 28 nitrogen and oxygen atoms in total. The maximum Gasteiger partial charge on any atom is 0.217 e. The normalized spacial score (nSPS) is 49.0. The summed E-state index contributed by atoms with van der Waals surface area (Å²) in [7, 11) is 0. The Morgan fingerprint density at radius 2 is 0.726 bits per heavy atom. The van der Waals surface area contributed by atoms with Crippen LogP contribution >= 0.6 is 0 Å². The number of carbonyl (C=O) groups is 2. The zero-order valence-electron chi connectivity index (χ0n) is 33.2. The van der Waals surface area contributed by atoms with Crippen molar-refractivity contribution in [2.24, 2.45) is 0 Å². The third kappa shape index (κ3) is 10.8. The zero-order chi connectivity index (χ0) is 45.9. The van der Waals surface area contributed by atoms with Crippen molar-refractivity contribution in [1.29, 1.82) is 0 Å². The topological polar surface area (TPSA) is 445 Å². The van der Waals surface area contributed by atoms with Crippen LogP contribution in [0.5, 0.6) is 0 Å². The van der Waals surface area contributed by atoms with Gasteiger partial charge in [-0.1, -0.05) is 0 Å². The van der Waals surface area contributed by atoms with Gasteiger partial charge in [0, 0.05) is 13.8 Å². The first-order valence-electron chi connectivity index (χ1n) is 19.6. The minimum Gasteiger partial charge on any atom is -0.394 e. The van der Waals surface area contributed by atoms with Gasteiger partial charge in [-0.05, 0) is 0 Å². The summed E-state index contributed by atoms with van der Waals surface area (Å²) in [6.07, 6.45) is -42.2. The zero-order valence-corrected chi connectivity index (χ0v) is 33.2. The van der Waals surface area contributed by atoms with Crippen molar-refractivity contribution in [3.63, 3.8) is 0 Å². The predicted molar refractivity (Wildman–Crippen MR) is 190 cm³/mol. The monoisotopic (exact) mass is 910 g/mol. The van der Waals surface area contributed by atoms with Crippen molar-refractivity contribution in [2.75, 3.05) is 33.0 Å². The van der Waals surface area contributed by atoms with Crippen molar-refractivity contribution in [1.82, 2.24) is 10.6 Å². The summed E-state index contributed by atoms with van der Waals surface area (Å²) in [4.78, 5) is 24.2. The molecule has 62 heavy (non-hydrogen) atoms. The first-order valence-corrected chi connectivity index (χ1v) is 19.6. The van der Waals surface area contributed by atoms with E-state index in [4.69, 9.17) is 42.6 Å². The summed E-state index contributed by atoms with van der Waals surface area (Å²) in [5, 5.41) is 163. The van der Waals surface area contributed by atoms with Crippen LogP contribution in [0.2, 0.25) is 0 Å². The summed E-state index contributed by atoms with van der Waals surface area (Å²) >= 11 is 0. The molecule has 360 valence electrons. The van der Waals surface area contributed by atoms with Crippen LogP contribution in [0.1, 0.15) is 13.8 Å². The number of aliphatic hydroxyl groups excluding tert-OH is 15. The largest absolute Gasteiger partial charge is 0.394 e. The molecule has 1 unspecified atom stereocenters. The molecule has 0 spiro atoms. The lowest BCUT2D eigenvalue weighted by Crippen LogP contribution is -2.70. The van der Waals surface area contributed by atoms with Gasteiger partial charge in [0.05, 0.1) is 33.0 Å². The summed E-state index contributed by atoms with van der Waals surface area (Å²) in [6, 6.07) is -3.24. The number of nitrogens with one attached hydrogen (secondary N) is 2. The number of aliphatic hydroxyl groups is 15. The van der Waals surface area contributed by atoms with Crippen LogP contribution in [0.4, 0.5) is 0 Å². The number of rotatable bonds is 15. The molecule has 28 heteroatoms.